The van der Waals surface area contributed by atoms with Crippen LogP contribution in [0.1, 0.15) is 11.1 Å². The maximum Gasteiger partial charge on any atom is 0.314 e. The van der Waals surface area contributed by atoms with Crippen molar-refractivity contribution in [3.8, 4) is 0 Å². The smallest absolute Gasteiger partial charge is 0.314 e. The lowest BCUT2D eigenvalue weighted by Crippen LogP contribution is -2.33. The van der Waals surface area contributed by atoms with Crippen LogP contribution >= 0.6 is 0 Å². The van der Waals surface area contributed by atoms with Crippen LogP contribution in [0, 0.1) is 6.92 Å². The van der Waals surface area contributed by atoms with Crippen LogP contribution in [-0.2, 0) is 6.42 Å². The summed E-state index contributed by atoms with van der Waals surface area (Å²) >= 11 is 0. The molecule has 4 heteroatoms. The number of aromatic nitrogens is 1. The Hall–Kier alpha value is -1.97. The largest absolute Gasteiger partial charge is 0.361 e. The van der Waals surface area contributed by atoms with Gasteiger partial charge in [0.15, 0.2) is 0 Å². The number of hydrogen-bond donors (Lipinski definition) is 3. The second kappa shape index (κ2) is 4.91. The van der Waals surface area contributed by atoms with Gasteiger partial charge in [0.25, 0.3) is 0 Å². The maximum absolute atomic E-state index is 11.0. The first-order valence-corrected chi connectivity index (χ1v) is 5.73. The fourth-order valence-electron chi connectivity index (χ4n) is 1.90. The molecule has 1 aromatic carbocycles. The van der Waals surface area contributed by atoms with Gasteiger partial charge >= 0.3 is 6.03 Å². The highest BCUT2D eigenvalue weighted by molar-refractivity contribution is 5.84. The number of urea groups is 1. The van der Waals surface area contributed by atoms with Gasteiger partial charge in [-0.3, -0.25) is 0 Å². The molecule has 0 aliphatic heterocycles. The highest BCUT2D eigenvalue weighted by Crippen LogP contribution is 2.19. The van der Waals surface area contributed by atoms with Crippen molar-refractivity contribution in [2.75, 3.05) is 13.6 Å². The summed E-state index contributed by atoms with van der Waals surface area (Å²) in [4.78, 5) is 14.3. The van der Waals surface area contributed by atoms with Gasteiger partial charge in [0.1, 0.15) is 0 Å². The zero-order chi connectivity index (χ0) is 12.3. The van der Waals surface area contributed by atoms with Gasteiger partial charge in [0.2, 0.25) is 0 Å². The second-order valence-corrected chi connectivity index (χ2v) is 4.12. The Balaban J connectivity index is 2.08. The van der Waals surface area contributed by atoms with Crippen LogP contribution in [0.3, 0.4) is 0 Å². The molecule has 0 aliphatic rings. The maximum atomic E-state index is 11.0. The van der Waals surface area contributed by atoms with E-state index in [2.05, 4.69) is 40.7 Å². The molecule has 0 unspecified atom stereocenters. The van der Waals surface area contributed by atoms with Gasteiger partial charge in [0.05, 0.1) is 0 Å². The molecule has 2 aromatic rings. The fraction of sp³-hybridized carbons (Fsp3) is 0.308. The number of H-pyrrole nitrogens is 1. The Morgan fingerprint density at radius 1 is 1.41 bits per heavy atom. The van der Waals surface area contributed by atoms with Crippen LogP contribution in [0.25, 0.3) is 10.9 Å². The molecule has 90 valence electrons. The molecule has 0 spiro atoms. The summed E-state index contributed by atoms with van der Waals surface area (Å²) in [6.45, 7) is 2.72. The summed E-state index contributed by atoms with van der Waals surface area (Å²) in [7, 11) is 1.62. The highest BCUT2D eigenvalue weighted by Gasteiger charge is 2.04. The Bertz CT molecular complexity index is 530. The molecule has 4 nitrogen and oxygen atoms in total. The van der Waals surface area contributed by atoms with Gasteiger partial charge in [0, 0.05) is 30.7 Å². The number of hydrogen-bond acceptors (Lipinski definition) is 1. The quantitative estimate of drug-likeness (QED) is 0.743. The average Bonchev–Trinajstić information content (AvgIpc) is 2.72. The Morgan fingerprint density at radius 2 is 2.24 bits per heavy atom. The van der Waals surface area contributed by atoms with Crippen molar-refractivity contribution in [2.45, 2.75) is 13.3 Å². The molecular formula is C13H17N3O. The number of nitrogens with one attached hydrogen (secondary N) is 3. The van der Waals surface area contributed by atoms with Gasteiger partial charge in [-0.25, -0.2) is 4.79 Å². The van der Waals surface area contributed by atoms with E-state index < -0.39 is 0 Å². The average molecular weight is 231 g/mol. The summed E-state index contributed by atoms with van der Waals surface area (Å²) in [6, 6.07) is 6.20. The Kier molecular flexibility index (Phi) is 3.32. The van der Waals surface area contributed by atoms with Crippen molar-refractivity contribution in [3.63, 3.8) is 0 Å². The summed E-state index contributed by atoms with van der Waals surface area (Å²) in [5.41, 5.74) is 3.63. The van der Waals surface area contributed by atoms with Gasteiger partial charge in [-0.15, -0.1) is 0 Å². The number of carbonyl (C=O) groups excluding carboxylic acids is 1. The molecule has 0 radical (unpaired) electrons. The molecule has 0 saturated heterocycles. The van der Waals surface area contributed by atoms with Gasteiger partial charge < -0.3 is 15.6 Å². The van der Waals surface area contributed by atoms with Gasteiger partial charge in [-0.05, 0) is 31.0 Å². The Morgan fingerprint density at radius 3 is 3.00 bits per heavy atom. The van der Waals surface area contributed by atoms with E-state index in [1.807, 2.05) is 6.20 Å². The third-order valence-corrected chi connectivity index (χ3v) is 2.83. The SMILES string of the molecule is CNC(=O)NCCc1c[nH]c2ccc(C)cc12. The highest BCUT2D eigenvalue weighted by atomic mass is 16.2. The normalized spacial score (nSPS) is 10.5. The first-order chi connectivity index (χ1) is 8.20. The van der Waals surface area contributed by atoms with E-state index in [1.165, 1.54) is 16.5 Å². The zero-order valence-electron chi connectivity index (χ0n) is 10.1. The summed E-state index contributed by atoms with van der Waals surface area (Å²) in [5, 5.41) is 6.56. The molecule has 2 rings (SSSR count). The predicted molar refractivity (Wildman–Crippen MR) is 69.2 cm³/mol. The number of rotatable bonds is 3. The molecule has 2 amide bonds. The lowest BCUT2D eigenvalue weighted by atomic mass is 10.1. The number of benzene rings is 1. The minimum absolute atomic E-state index is 0.138. The number of aryl methyl sites for hydroxylation is 1. The summed E-state index contributed by atoms with van der Waals surface area (Å²) in [5.74, 6) is 0. The van der Waals surface area contributed by atoms with E-state index in [0.29, 0.717) is 6.54 Å². The molecule has 0 fully saturated rings. The predicted octanol–water partition coefficient (Wildman–Crippen LogP) is 1.95. The third kappa shape index (κ3) is 2.58. The Labute approximate surface area is 100 Å². The van der Waals surface area contributed by atoms with Crippen LogP contribution < -0.4 is 10.6 Å². The standard InChI is InChI=1S/C13H17N3O/c1-9-3-4-12-11(7-9)10(8-16-12)5-6-15-13(17)14-2/h3-4,7-8,16H,5-6H2,1-2H3,(H2,14,15,17). The second-order valence-electron chi connectivity index (χ2n) is 4.12. The van der Waals surface area contributed by atoms with Crippen molar-refractivity contribution in [1.29, 1.82) is 0 Å². The van der Waals surface area contributed by atoms with Crippen LogP contribution in [0.15, 0.2) is 24.4 Å². The molecule has 17 heavy (non-hydrogen) atoms. The van der Waals surface area contributed by atoms with Crippen LogP contribution in [0.2, 0.25) is 0 Å². The molecule has 1 aromatic heterocycles. The fourth-order valence-corrected chi connectivity index (χ4v) is 1.90. The van der Waals surface area contributed by atoms with E-state index in [-0.39, 0.29) is 6.03 Å². The third-order valence-electron chi connectivity index (χ3n) is 2.83. The van der Waals surface area contributed by atoms with E-state index in [0.717, 1.165) is 11.9 Å². The molecule has 0 aliphatic carbocycles. The number of aromatic amines is 1. The monoisotopic (exact) mass is 231 g/mol. The molecule has 0 atom stereocenters. The number of carbonyl (C=O) groups is 1. The lowest BCUT2D eigenvalue weighted by Gasteiger charge is -2.03. The van der Waals surface area contributed by atoms with Crippen molar-refractivity contribution < 1.29 is 4.79 Å². The molecule has 0 bridgehead atoms. The van der Waals surface area contributed by atoms with Crippen molar-refractivity contribution in [2.24, 2.45) is 0 Å². The topological polar surface area (TPSA) is 56.9 Å². The van der Waals surface area contributed by atoms with Crippen molar-refractivity contribution in [1.82, 2.24) is 15.6 Å². The first-order valence-electron chi connectivity index (χ1n) is 5.73. The van der Waals surface area contributed by atoms with E-state index in [4.69, 9.17) is 0 Å². The van der Waals surface area contributed by atoms with E-state index in [9.17, 15) is 4.79 Å². The van der Waals surface area contributed by atoms with Gasteiger partial charge in [-0.1, -0.05) is 11.6 Å². The molecule has 1 heterocycles. The zero-order valence-corrected chi connectivity index (χ0v) is 10.1. The van der Waals surface area contributed by atoms with E-state index in [1.54, 1.807) is 7.05 Å². The van der Waals surface area contributed by atoms with E-state index >= 15 is 0 Å². The number of fused-ring (bicyclic) bond motifs is 1. The first kappa shape index (κ1) is 11.5. The van der Waals surface area contributed by atoms with Crippen LogP contribution in [0.4, 0.5) is 4.79 Å². The molecule has 3 N–H and O–H groups in total. The minimum atomic E-state index is -0.138. The lowest BCUT2D eigenvalue weighted by molar-refractivity contribution is 0.243. The van der Waals surface area contributed by atoms with Crippen LogP contribution in [0.5, 0.6) is 0 Å². The van der Waals surface area contributed by atoms with Crippen molar-refractivity contribution >= 4 is 16.9 Å². The molecule has 0 saturated carbocycles. The minimum Gasteiger partial charge on any atom is -0.361 e. The number of amides is 2. The van der Waals surface area contributed by atoms with Crippen LogP contribution in [-0.4, -0.2) is 24.6 Å². The van der Waals surface area contributed by atoms with Gasteiger partial charge in [-0.2, -0.15) is 0 Å². The summed E-state index contributed by atoms with van der Waals surface area (Å²) in [6.07, 6.45) is 2.84. The van der Waals surface area contributed by atoms with Crippen molar-refractivity contribution in [3.05, 3.63) is 35.5 Å². The summed E-state index contributed by atoms with van der Waals surface area (Å²) < 4.78 is 0. The molecular weight excluding hydrogens is 214 g/mol.